The number of ether oxygens (including phenoxy) is 1. The molecule has 1 aliphatic rings. The summed E-state index contributed by atoms with van der Waals surface area (Å²) in [5, 5.41) is 6.53. The van der Waals surface area contributed by atoms with Crippen molar-refractivity contribution < 1.29 is 4.74 Å². The Bertz CT molecular complexity index is 420. The maximum atomic E-state index is 5.71. The van der Waals surface area contributed by atoms with Gasteiger partial charge in [0.05, 0.1) is 6.61 Å². The Hall–Kier alpha value is -1.78. The molecule has 1 aromatic rings. The fourth-order valence-electron chi connectivity index (χ4n) is 1.83. The summed E-state index contributed by atoms with van der Waals surface area (Å²) in [5.74, 6) is 1.59. The third-order valence-corrected chi connectivity index (χ3v) is 2.93. The number of aromatic nitrogens is 1. The Kier molecular flexibility index (Phi) is 5.47. The summed E-state index contributed by atoms with van der Waals surface area (Å²) >= 11 is 0. The molecule has 0 saturated carbocycles. The van der Waals surface area contributed by atoms with E-state index in [0.29, 0.717) is 6.54 Å². The predicted molar refractivity (Wildman–Crippen MR) is 76.4 cm³/mol. The average Bonchev–Trinajstić information content (AvgIpc) is 2.48. The first kappa shape index (κ1) is 13.6. The third-order valence-electron chi connectivity index (χ3n) is 2.93. The van der Waals surface area contributed by atoms with E-state index in [4.69, 9.17) is 4.74 Å². The van der Waals surface area contributed by atoms with Gasteiger partial charge in [-0.05, 0) is 18.9 Å². The second-order valence-electron chi connectivity index (χ2n) is 4.53. The molecule has 0 saturated heterocycles. The summed E-state index contributed by atoms with van der Waals surface area (Å²) in [5.41, 5.74) is 1.06. The van der Waals surface area contributed by atoms with E-state index in [1.807, 2.05) is 12.1 Å². The third kappa shape index (κ3) is 4.43. The quantitative estimate of drug-likeness (QED) is 0.766. The van der Waals surface area contributed by atoms with Gasteiger partial charge in [-0.3, -0.25) is 4.99 Å². The maximum absolute atomic E-state index is 5.71. The zero-order chi connectivity index (χ0) is 13.3. The Morgan fingerprint density at radius 1 is 1.47 bits per heavy atom. The number of aliphatic imine (C=N–C) groups is 1. The SMILES string of the molecule is CCCCOc1ncccc1CNC1=NCCCN1. The molecule has 2 heterocycles. The fourth-order valence-corrected chi connectivity index (χ4v) is 1.83. The molecule has 0 aliphatic carbocycles. The first-order chi connectivity index (χ1) is 9.40. The van der Waals surface area contributed by atoms with Gasteiger partial charge in [-0.1, -0.05) is 19.4 Å². The molecule has 2 N–H and O–H groups in total. The topological polar surface area (TPSA) is 58.5 Å². The predicted octanol–water partition coefficient (Wildman–Crippen LogP) is 1.70. The smallest absolute Gasteiger partial charge is 0.218 e. The van der Waals surface area contributed by atoms with Crippen LogP contribution in [0.1, 0.15) is 31.7 Å². The lowest BCUT2D eigenvalue weighted by molar-refractivity contribution is 0.294. The lowest BCUT2D eigenvalue weighted by atomic mass is 10.2. The second-order valence-corrected chi connectivity index (χ2v) is 4.53. The van der Waals surface area contributed by atoms with Gasteiger partial charge in [-0.25, -0.2) is 4.98 Å². The van der Waals surface area contributed by atoms with E-state index >= 15 is 0 Å². The number of guanidine groups is 1. The summed E-state index contributed by atoms with van der Waals surface area (Å²) in [7, 11) is 0. The molecule has 5 heteroatoms. The van der Waals surface area contributed by atoms with E-state index in [9.17, 15) is 0 Å². The van der Waals surface area contributed by atoms with Crippen LogP contribution in [-0.4, -0.2) is 30.6 Å². The molecule has 104 valence electrons. The Balaban J connectivity index is 1.89. The van der Waals surface area contributed by atoms with Crippen LogP contribution in [0.15, 0.2) is 23.3 Å². The van der Waals surface area contributed by atoms with Crippen molar-refractivity contribution in [3.05, 3.63) is 23.9 Å². The minimum Gasteiger partial charge on any atom is -0.477 e. The molecule has 2 rings (SSSR count). The normalized spacial score (nSPS) is 14.5. The van der Waals surface area contributed by atoms with Gasteiger partial charge in [0.1, 0.15) is 0 Å². The molecule has 19 heavy (non-hydrogen) atoms. The molecule has 0 aromatic carbocycles. The molecule has 1 aromatic heterocycles. The number of rotatable bonds is 6. The highest BCUT2D eigenvalue weighted by molar-refractivity contribution is 5.80. The van der Waals surface area contributed by atoms with Crippen molar-refractivity contribution in [1.29, 1.82) is 0 Å². The van der Waals surface area contributed by atoms with E-state index in [1.54, 1.807) is 6.20 Å². The lowest BCUT2D eigenvalue weighted by Gasteiger charge is -2.17. The molecule has 0 bridgehead atoms. The zero-order valence-corrected chi connectivity index (χ0v) is 11.5. The van der Waals surface area contributed by atoms with E-state index in [-0.39, 0.29) is 0 Å². The van der Waals surface area contributed by atoms with Gasteiger partial charge in [0, 0.05) is 31.4 Å². The van der Waals surface area contributed by atoms with E-state index in [0.717, 1.165) is 56.4 Å². The minimum absolute atomic E-state index is 0.682. The molecule has 1 aliphatic heterocycles. The molecule has 0 spiro atoms. The van der Waals surface area contributed by atoms with Crippen molar-refractivity contribution in [3.63, 3.8) is 0 Å². The van der Waals surface area contributed by atoms with Gasteiger partial charge in [-0.15, -0.1) is 0 Å². The number of hydrogen-bond acceptors (Lipinski definition) is 5. The number of pyridine rings is 1. The van der Waals surface area contributed by atoms with Crippen molar-refractivity contribution in [2.24, 2.45) is 4.99 Å². The molecule has 0 fully saturated rings. The van der Waals surface area contributed by atoms with Crippen LogP contribution in [0.4, 0.5) is 0 Å². The molecule has 0 unspecified atom stereocenters. The maximum Gasteiger partial charge on any atom is 0.218 e. The van der Waals surface area contributed by atoms with Gasteiger partial charge >= 0.3 is 0 Å². The van der Waals surface area contributed by atoms with Crippen LogP contribution in [0.25, 0.3) is 0 Å². The van der Waals surface area contributed by atoms with Crippen molar-refractivity contribution in [1.82, 2.24) is 15.6 Å². The monoisotopic (exact) mass is 262 g/mol. The highest BCUT2D eigenvalue weighted by atomic mass is 16.5. The summed E-state index contributed by atoms with van der Waals surface area (Å²) < 4.78 is 5.71. The summed E-state index contributed by atoms with van der Waals surface area (Å²) in [6.07, 6.45) is 5.05. The van der Waals surface area contributed by atoms with Crippen LogP contribution < -0.4 is 15.4 Å². The van der Waals surface area contributed by atoms with Gasteiger partial charge in [0.2, 0.25) is 5.88 Å². The van der Waals surface area contributed by atoms with Gasteiger partial charge in [-0.2, -0.15) is 0 Å². The van der Waals surface area contributed by atoms with Gasteiger partial charge < -0.3 is 15.4 Å². The van der Waals surface area contributed by atoms with Gasteiger partial charge in [0.15, 0.2) is 5.96 Å². The van der Waals surface area contributed by atoms with Crippen LogP contribution >= 0.6 is 0 Å². The summed E-state index contributed by atoms with van der Waals surface area (Å²) in [4.78, 5) is 8.67. The Morgan fingerprint density at radius 2 is 2.42 bits per heavy atom. The van der Waals surface area contributed by atoms with Crippen molar-refractivity contribution in [3.8, 4) is 5.88 Å². The number of nitrogens with zero attached hydrogens (tertiary/aromatic N) is 2. The molecule has 0 radical (unpaired) electrons. The van der Waals surface area contributed by atoms with Gasteiger partial charge in [0.25, 0.3) is 0 Å². The molecule has 5 nitrogen and oxygen atoms in total. The van der Waals surface area contributed by atoms with E-state index in [2.05, 4.69) is 27.5 Å². The van der Waals surface area contributed by atoms with Crippen LogP contribution in [0.2, 0.25) is 0 Å². The summed E-state index contributed by atoms with van der Waals surface area (Å²) in [6, 6.07) is 3.96. The zero-order valence-electron chi connectivity index (χ0n) is 11.5. The molecule has 0 amide bonds. The molecular formula is C14H22N4O. The molecular weight excluding hydrogens is 240 g/mol. The Morgan fingerprint density at radius 3 is 3.21 bits per heavy atom. The second kappa shape index (κ2) is 7.61. The number of nitrogens with one attached hydrogen (secondary N) is 2. The average molecular weight is 262 g/mol. The lowest BCUT2D eigenvalue weighted by Crippen LogP contribution is -2.40. The van der Waals surface area contributed by atoms with Crippen molar-refractivity contribution in [2.75, 3.05) is 19.7 Å². The Labute approximate surface area is 114 Å². The van der Waals surface area contributed by atoms with E-state index in [1.165, 1.54) is 0 Å². The van der Waals surface area contributed by atoms with Crippen LogP contribution in [0.3, 0.4) is 0 Å². The van der Waals surface area contributed by atoms with Crippen LogP contribution in [-0.2, 0) is 6.54 Å². The van der Waals surface area contributed by atoms with E-state index < -0.39 is 0 Å². The highest BCUT2D eigenvalue weighted by Crippen LogP contribution is 2.14. The first-order valence-electron chi connectivity index (χ1n) is 6.99. The highest BCUT2D eigenvalue weighted by Gasteiger charge is 2.07. The van der Waals surface area contributed by atoms with Crippen molar-refractivity contribution >= 4 is 5.96 Å². The fraction of sp³-hybridized carbons (Fsp3) is 0.571. The summed E-state index contributed by atoms with van der Waals surface area (Å²) in [6.45, 7) is 5.43. The number of unbranched alkanes of at least 4 members (excludes halogenated alkanes) is 1. The standard InChI is InChI=1S/C14H22N4O/c1-2-3-10-19-13-12(6-4-7-15-13)11-18-14-16-8-5-9-17-14/h4,6-7H,2-3,5,8-11H2,1H3,(H2,16,17,18). The molecule has 0 atom stereocenters. The van der Waals surface area contributed by atoms with Crippen LogP contribution in [0.5, 0.6) is 5.88 Å². The first-order valence-corrected chi connectivity index (χ1v) is 6.99. The van der Waals surface area contributed by atoms with Crippen LogP contribution in [0, 0.1) is 0 Å². The number of hydrogen-bond donors (Lipinski definition) is 2. The van der Waals surface area contributed by atoms with Crippen molar-refractivity contribution in [2.45, 2.75) is 32.7 Å². The minimum atomic E-state index is 0.682. The largest absolute Gasteiger partial charge is 0.477 e.